The Bertz CT molecular complexity index is 571. The second-order valence-electron chi connectivity index (χ2n) is 4.70. The standard InChI is InChI=1S/C14H18ClN3O2/c1-9-6-11(15)4-5-12(9)19-8-14-17-13(18-20-14)7-10(2)16-3/h4-6,10,16H,7-8H2,1-3H3. The van der Waals surface area contributed by atoms with Crippen molar-refractivity contribution in [2.45, 2.75) is 32.9 Å². The number of benzene rings is 1. The van der Waals surface area contributed by atoms with E-state index in [2.05, 4.69) is 22.4 Å². The molecule has 0 amide bonds. The first-order valence-corrected chi connectivity index (χ1v) is 6.84. The Balaban J connectivity index is 1.94. The molecule has 5 nitrogen and oxygen atoms in total. The number of aryl methyl sites for hydroxylation is 1. The van der Waals surface area contributed by atoms with Crippen molar-refractivity contribution >= 4 is 11.6 Å². The fraction of sp³-hybridized carbons (Fsp3) is 0.429. The van der Waals surface area contributed by atoms with Crippen molar-refractivity contribution in [3.05, 3.63) is 40.5 Å². The van der Waals surface area contributed by atoms with Crippen molar-refractivity contribution in [1.29, 1.82) is 0 Å². The molecule has 0 spiro atoms. The summed E-state index contributed by atoms with van der Waals surface area (Å²) in [4.78, 5) is 4.29. The van der Waals surface area contributed by atoms with Crippen LogP contribution in [0.3, 0.4) is 0 Å². The summed E-state index contributed by atoms with van der Waals surface area (Å²) in [5, 5.41) is 7.74. The molecule has 2 aromatic rings. The summed E-state index contributed by atoms with van der Waals surface area (Å²) in [7, 11) is 1.90. The Kier molecular flexibility index (Phi) is 4.98. The van der Waals surface area contributed by atoms with Crippen LogP contribution in [0, 0.1) is 6.92 Å². The maximum Gasteiger partial charge on any atom is 0.264 e. The number of ether oxygens (including phenoxy) is 1. The molecule has 1 aromatic carbocycles. The second kappa shape index (κ2) is 6.72. The van der Waals surface area contributed by atoms with Crippen LogP contribution in [0.5, 0.6) is 5.75 Å². The molecule has 2 rings (SSSR count). The summed E-state index contributed by atoms with van der Waals surface area (Å²) in [5.74, 6) is 1.91. The number of likely N-dealkylation sites (N-methyl/N-ethyl adjacent to an activating group) is 1. The van der Waals surface area contributed by atoms with Crippen molar-refractivity contribution in [2.24, 2.45) is 0 Å². The molecule has 108 valence electrons. The lowest BCUT2D eigenvalue weighted by molar-refractivity contribution is 0.241. The highest BCUT2D eigenvalue weighted by atomic mass is 35.5. The van der Waals surface area contributed by atoms with E-state index in [-0.39, 0.29) is 6.61 Å². The molecule has 6 heteroatoms. The lowest BCUT2D eigenvalue weighted by Gasteiger charge is -2.06. The Morgan fingerprint density at radius 3 is 2.95 bits per heavy atom. The normalized spacial score (nSPS) is 12.4. The van der Waals surface area contributed by atoms with Crippen molar-refractivity contribution in [2.75, 3.05) is 7.05 Å². The van der Waals surface area contributed by atoms with Gasteiger partial charge in [-0.15, -0.1) is 0 Å². The van der Waals surface area contributed by atoms with Crippen LogP contribution in [0.25, 0.3) is 0 Å². The summed E-state index contributed by atoms with van der Waals surface area (Å²) < 4.78 is 10.8. The average molecular weight is 296 g/mol. The monoisotopic (exact) mass is 295 g/mol. The van der Waals surface area contributed by atoms with E-state index in [0.717, 1.165) is 17.7 Å². The third-order valence-electron chi connectivity index (χ3n) is 2.98. The van der Waals surface area contributed by atoms with Gasteiger partial charge in [-0.1, -0.05) is 16.8 Å². The van der Waals surface area contributed by atoms with Crippen LogP contribution in [-0.2, 0) is 13.0 Å². The van der Waals surface area contributed by atoms with Gasteiger partial charge in [-0.2, -0.15) is 4.98 Å². The highest BCUT2D eigenvalue weighted by molar-refractivity contribution is 6.30. The second-order valence-corrected chi connectivity index (χ2v) is 5.13. The number of aromatic nitrogens is 2. The summed E-state index contributed by atoms with van der Waals surface area (Å²) in [6.07, 6.45) is 0.722. The number of nitrogens with one attached hydrogen (secondary N) is 1. The smallest absolute Gasteiger partial charge is 0.264 e. The number of halogens is 1. The quantitative estimate of drug-likeness (QED) is 0.888. The molecule has 0 aliphatic carbocycles. The molecule has 0 bridgehead atoms. The minimum atomic E-state index is 0.253. The van der Waals surface area contributed by atoms with E-state index < -0.39 is 0 Å². The Labute approximate surface area is 123 Å². The van der Waals surface area contributed by atoms with E-state index >= 15 is 0 Å². The molecule has 20 heavy (non-hydrogen) atoms. The zero-order chi connectivity index (χ0) is 14.5. The van der Waals surface area contributed by atoms with Crippen molar-refractivity contribution in [1.82, 2.24) is 15.5 Å². The SMILES string of the molecule is CNC(C)Cc1noc(COc2ccc(Cl)cc2C)n1. The molecule has 0 saturated carbocycles. The number of hydrogen-bond acceptors (Lipinski definition) is 5. The fourth-order valence-corrected chi connectivity index (χ4v) is 1.95. The molecule has 1 atom stereocenters. The lowest BCUT2D eigenvalue weighted by atomic mass is 10.2. The summed E-state index contributed by atoms with van der Waals surface area (Å²) in [6, 6.07) is 5.78. The van der Waals surface area contributed by atoms with Gasteiger partial charge in [0.15, 0.2) is 12.4 Å². The van der Waals surface area contributed by atoms with Gasteiger partial charge in [-0.25, -0.2) is 0 Å². The molecule has 1 N–H and O–H groups in total. The van der Waals surface area contributed by atoms with E-state index in [1.807, 2.05) is 26.1 Å². The number of hydrogen-bond donors (Lipinski definition) is 1. The van der Waals surface area contributed by atoms with Crippen LogP contribution in [0.15, 0.2) is 22.7 Å². The van der Waals surface area contributed by atoms with Crippen LogP contribution < -0.4 is 10.1 Å². The predicted molar refractivity (Wildman–Crippen MR) is 77.0 cm³/mol. The predicted octanol–water partition coefficient (Wildman–Crippen LogP) is 2.76. The molecule has 1 unspecified atom stereocenters. The van der Waals surface area contributed by atoms with E-state index in [4.69, 9.17) is 20.9 Å². The maximum atomic E-state index is 5.90. The molecule has 0 aliphatic rings. The van der Waals surface area contributed by atoms with Gasteiger partial charge in [0, 0.05) is 17.5 Å². The van der Waals surface area contributed by atoms with Crippen molar-refractivity contribution in [3.63, 3.8) is 0 Å². The third-order valence-corrected chi connectivity index (χ3v) is 3.21. The lowest BCUT2D eigenvalue weighted by Crippen LogP contribution is -2.24. The van der Waals surface area contributed by atoms with Gasteiger partial charge in [0.1, 0.15) is 5.75 Å². The Morgan fingerprint density at radius 2 is 2.25 bits per heavy atom. The number of nitrogens with zero attached hydrogens (tertiary/aromatic N) is 2. The number of rotatable bonds is 6. The van der Waals surface area contributed by atoms with E-state index in [1.54, 1.807) is 6.07 Å². The molecule has 1 aromatic heterocycles. The van der Waals surface area contributed by atoms with Crippen molar-refractivity contribution < 1.29 is 9.26 Å². The van der Waals surface area contributed by atoms with E-state index in [9.17, 15) is 0 Å². The molecule has 0 fully saturated rings. The summed E-state index contributed by atoms with van der Waals surface area (Å²) in [5.41, 5.74) is 0.973. The minimum absolute atomic E-state index is 0.253. The molecular formula is C14H18ClN3O2. The zero-order valence-electron chi connectivity index (χ0n) is 11.8. The van der Waals surface area contributed by atoms with Gasteiger partial charge >= 0.3 is 0 Å². The van der Waals surface area contributed by atoms with Crippen LogP contribution in [0.2, 0.25) is 5.02 Å². The van der Waals surface area contributed by atoms with Gasteiger partial charge in [-0.3, -0.25) is 0 Å². The zero-order valence-corrected chi connectivity index (χ0v) is 12.6. The van der Waals surface area contributed by atoms with Gasteiger partial charge < -0.3 is 14.6 Å². The maximum absolute atomic E-state index is 5.90. The summed E-state index contributed by atoms with van der Waals surface area (Å²) in [6.45, 7) is 4.25. The van der Waals surface area contributed by atoms with Gasteiger partial charge in [-0.05, 0) is 44.7 Å². The van der Waals surface area contributed by atoms with E-state index in [1.165, 1.54) is 0 Å². The molecule has 0 aliphatic heterocycles. The largest absolute Gasteiger partial charge is 0.483 e. The van der Waals surface area contributed by atoms with Gasteiger partial charge in [0.2, 0.25) is 0 Å². The van der Waals surface area contributed by atoms with Gasteiger partial charge in [0.25, 0.3) is 5.89 Å². The summed E-state index contributed by atoms with van der Waals surface area (Å²) >= 11 is 5.90. The molecular weight excluding hydrogens is 278 g/mol. The highest BCUT2D eigenvalue weighted by Crippen LogP contribution is 2.22. The average Bonchev–Trinajstić information content (AvgIpc) is 2.85. The Morgan fingerprint density at radius 1 is 1.45 bits per heavy atom. The third kappa shape index (κ3) is 3.95. The molecule has 1 heterocycles. The Hall–Kier alpha value is -1.59. The van der Waals surface area contributed by atoms with Crippen molar-refractivity contribution in [3.8, 4) is 5.75 Å². The first-order chi connectivity index (χ1) is 9.58. The first-order valence-electron chi connectivity index (χ1n) is 6.46. The highest BCUT2D eigenvalue weighted by Gasteiger charge is 2.10. The minimum Gasteiger partial charge on any atom is -0.483 e. The van der Waals surface area contributed by atoms with Crippen LogP contribution in [0.4, 0.5) is 0 Å². The van der Waals surface area contributed by atoms with Crippen LogP contribution in [0.1, 0.15) is 24.2 Å². The van der Waals surface area contributed by atoms with Crippen LogP contribution in [-0.4, -0.2) is 23.2 Å². The van der Waals surface area contributed by atoms with Crippen LogP contribution >= 0.6 is 11.6 Å². The molecule has 0 radical (unpaired) electrons. The van der Waals surface area contributed by atoms with Gasteiger partial charge in [0.05, 0.1) is 0 Å². The van der Waals surface area contributed by atoms with E-state index in [0.29, 0.717) is 22.8 Å². The fourth-order valence-electron chi connectivity index (χ4n) is 1.72. The topological polar surface area (TPSA) is 60.2 Å². The first kappa shape index (κ1) is 14.8. The molecule has 0 saturated heterocycles.